The number of hydrogen-bond donors (Lipinski definition) is 1. The molecule has 3 heteroatoms. The molecule has 1 aromatic heterocycles. The summed E-state index contributed by atoms with van der Waals surface area (Å²) in [6.45, 7) is 5.65. The molecule has 0 spiro atoms. The van der Waals surface area contributed by atoms with Crippen molar-refractivity contribution in [2.75, 3.05) is 13.1 Å². The van der Waals surface area contributed by atoms with Crippen LogP contribution in [-0.2, 0) is 13.1 Å². The van der Waals surface area contributed by atoms with E-state index in [1.54, 1.807) is 0 Å². The Hall–Kier alpha value is -1.06. The number of rotatable bonds is 3. The van der Waals surface area contributed by atoms with Crippen LogP contribution >= 0.6 is 0 Å². The van der Waals surface area contributed by atoms with E-state index in [1.807, 2.05) is 6.92 Å². The van der Waals surface area contributed by atoms with Crippen LogP contribution in [0.3, 0.4) is 0 Å². The molecule has 0 radical (unpaired) electrons. The van der Waals surface area contributed by atoms with Gasteiger partial charge in [0, 0.05) is 25.2 Å². The first-order valence-corrected chi connectivity index (χ1v) is 5.45. The molecule has 0 aromatic carbocycles. The molecule has 0 aliphatic carbocycles. The Kier molecular flexibility index (Phi) is 3.23. The number of hydrogen-bond acceptors (Lipinski definition) is 3. The van der Waals surface area contributed by atoms with Crippen molar-refractivity contribution in [2.24, 2.45) is 5.73 Å². The summed E-state index contributed by atoms with van der Waals surface area (Å²) in [4.78, 5) is 2.41. The van der Waals surface area contributed by atoms with E-state index < -0.39 is 0 Å². The smallest absolute Gasteiger partial charge is 0.118 e. The minimum Gasteiger partial charge on any atom is -0.465 e. The Morgan fingerprint density at radius 1 is 1.47 bits per heavy atom. The van der Waals surface area contributed by atoms with E-state index in [9.17, 15) is 0 Å². The van der Waals surface area contributed by atoms with Crippen molar-refractivity contribution in [1.82, 2.24) is 4.90 Å². The third-order valence-electron chi connectivity index (χ3n) is 2.81. The molecule has 0 fully saturated rings. The number of nitrogens with two attached hydrogens (primary N) is 1. The first-order valence-electron chi connectivity index (χ1n) is 5.45. The molecule has 3 nitrogen and oxygen atoms in total. The van der Waals surface area contributed by atoms with Gasteiger partial charge in [-0.1, -0.05) is 12.2 Å². The normalized spacial score (nSPS) is 17.2. The second kappa shape index (κ2) is 4.64. The highest BCUT2D eigenvalue weighted by molar-refractivity contribution is 5.21. The van der Waals surface area contributed by atoms with Crippen LogP contribution in [0, 0.1) is 6.92 Å². The summed E-state index contributed by atoms with van der Waals surface area (Å²) in [5.41, 5.74) is 6.82. The highest BCUT2D eigenvalue weighted by Crippen LogP contribution is 2.17. The molecule has 0 amide bonds. The third-order valence-corrected chi connectivity index (χ3v) is 2.81. The van der Waals surface area contributed by atoms with E-state index in [2.05, 4.69) is 23.1 Å². The van der Waals surface area contributed by atoms with Gasteiger partial charge >= 0.3 is 0 Å². The second-order valence-corrected chi connectivity index (χ2v) is 3.99. The Bertz CT molecular complexity index is 355. The van der Waals surface area contributed by atoms with Gasteiger partial charge in [0.25, 0.3) is 0 Å². The predicted octanol–water partition coefficient (Wildman–Crippen LogP) is 1.81. The number of furan rings is 1. The van der Waals surface area contributed by atoms with Crippen LogP contribution in [0.15, 0.2) is 22.6 Å². The SMILES string of the molecule is Cc1oc(CN)cc1CN1CC=CCC1. The Morgan fingerprint density at radius 3 is 2.93 bits per heavy atom. The standard InChI is InChI=1S/C12H18N2O/c1-10-11(7-12(8-13)15-10)9-14-5-3-2-4-6-14/h2-3,7H,4-6,8-9,13H2,1H3. The fourth-order valence-electron chi connectivity index (χ4n) is 1.92. The summed E-state index contributed by atoms with van der Waals surface area (Å²) in [5, 5.41) is 0. The highest BCUT2D eigenvalue weighted by atomic mass is 16.3. The maximum Gasteiger partial charge on any atom is 0.118 e. The Labute approximate surface area is 90.5 Å². The topological polar surface area (TPSA) is 42.4 Å². The van der Waals surface area contributed by atoms with E-state index >= 15 is 0 Å². The van der Waals surface area contributed by atoms with Gasteiger partial charge in [0.15, 0.2) is 0 Å². The first-order chi connectivity index (χ1) is 7.29. The molecule has 1 aliphatic heterocycles. The van der Waals surface area contributed by atoms with Crippen molar-refractivity contribution in [1.29, 1.82) is 0 Å². The zero-order valence-electron chi connectivity index (χ0n) is 9.20. The minimum absolute atomic E-state index is 0.487. The van der Waals surface area contributed by atoms with Crippen molar-refractivity contribution in [2.45, 2.75) is 26.4 Å². The van der Waals surface area contributed by atoms with E-state index in [4.69, 9.17) is 10.2 Å². The van der Waals surface area contributed by atoms with Crippen molar-refractivity contribution in [3.63, 3.8) is 0 Å². The van der Waals surface area contributed by atoms with Gasteiger partial charge in [-0.2, -0.15) is 0 Å². The summed E-state index contributed by atoms with van der Waals surface area (Å²) in [7, 11) is 0. The summed E-state index contributed by atoms with van der Waals surface area (Å²) in [6, 6.07) is 2.08. The van der Waals surface area contributed by atoms with E-state index in [-0.39, 0.29) is 0 Å². The molecule has 2 N–H and O–H groups in total. The van der Waals surface area contributed by atoms with Gasteiger partial charge in [0.1, 0.15) is 11.5 Å². The average Bonchev–Trinajstić information content (AvgIpc) is 2.61. The first kappa shape index (κ1) is 10.5. The zero-order chi connectivity index (χ0) is 10.7. The highest BCUT2D eigenvalue weighted by Gasteiger charge is 2.11. The predicted molar refractivity (Wildman–Crippen MR) is 60.4 cm³/mol. The lowest BCUT2D eigenvalue weighted by Crippen LogP contribution is -2.26. The van der Waals surface area contributed by atoms with Crippen molar-refractivity contribution < 1.29 is 4.42 Å². The summed E-state index contributed by atoms with van der Waals surface area (Å²) >= 11 is 0. The lowest BCUT2D eigenvalue weighted by molar-refractivity contribution is 0.288. The van der Waals surface area contributed by atoms with Crippen LogP contribution in [0.5, 0.6) is 0 Å². The van der Waals surface area contributed by atoms with Crippen molar-refractivity contribution in [3.05, 3.63) is 35.3 Å². The van der Waals surface area contributed by atoms with Gasteiger partial charge in [0.05, 0.1) is 6.54 Å². The van der Waals surface area contributed by atoms with Crippen LogP contribution in [0.4, 0.5) is 0 Å². The largest absolute Gasteiger partial charge is 0.465 e. The monoisotopic (exact) mass is 206 g/mol. The number of nitrogens with zero attached hydrogens (tertiary/aromatic N) is 1. The van der Waals surface area contributed by atoms with Crippen LogP contribution < -0.4 is 5.73 Å². The van der Waals surface area contributed by atoms with Crippen molar-refractivity contribution in [3.8, 4) is 0 Å². The molecule has 1 aromatic rings. The zero-order valence-corrected chi connectivity index (χ0v) is 9.20. The molecule has 0 bridgehead atoms. The van der Waals surface area contributed by atoms with Crippen LogP contribution in [0.2, 0.25) is 0 Å². The number of aryl methyl sites for hydroxylation is 1. The van der Waals surface area contributed by atoms with Gasteiger partial charge < -0.3 is 10.2 Å². The lowest BCUT2D eigenvalue weighted by atomic mass is 10.2. The molecular weight excluding hydrogens is 188 g/mol. The lowest BCUT2D eigenvalue weighted by Gasteiger charge is -2.22. The molecule has 82 valence electrons. The van der Waals surface area contributed by atoms with Crippen LogP contribution in [0.1, 0.15) is 23.5 Å². The summed E-state index contributed by atoms with van der Waals surface area (Å²) in [5.74, 6) is 1.89. The van der Waals surface area contributed by atoms with E-state index in [0.29, 0.717) is 6.54 Å². The van der Waals surface area contributed by atoms with E-state index in [1.165, 1.54) is 5.56 Å². The molecule has 0 saturated heterocycles. The van der Waals surface area contributed by atoms with Gasteiger partial charge in [-0.25, -0.2) is 0 Å². The molecule has 2 heterocycles. The van der Waals surface area contributed by atoms with Gasteiger partial charge in [-0.3, -0.25) is 4.90 Å². The molecule has 15 heavy (non-hydrogen) atoms. The van der Waals surface area contributed by atoms with Gasteiger partial charge in [-0.05, 0) is 19.4 Å². The fourth-order valence-corrected chi connectivity index (χ4v) is 1.92. The fraction of sp³-hybridized carbons (Fsp3) is 0.500. The Morgan fingerprint density at radius 2 is 2.33 bits per heavy atom. The summed E-state index contributed by atoms with van der Waals surface area (Å²) in [6.07, 6.45) is 5.62. The van der Waals surface area contributed by atoms with E-state index in [0.717, 1.165) is 37.6 Å². The van der Waals surface area contributed by atoms with Crippen LogP contribution in [0.25, 0.3) is 0 Å². The maximum absolute atomic E-state index is 5.55. The molecule has 2 rings (SSSR count). The maximum atomic E-state index is 5.55. The molecule has 0 unspecified atom stereocenters. The average molecular weight is 206 g/mol. The molecule has 1 aliphatic rings. The minimum atomic E-state index is 0.487. The quantitative estimate of drug-likeness (QED) is 0.767. The summed E-state index contributed by atoms with van der Waals surface area (Å²) < 4.78 is 5.54. The Balaban J connectivity index is 2.03. The second-order valence-electron chi connectivity index (χ2n) is 3.99. The molecule has 0 saturated carbocycles. The molecular formula is C12H18N2O. The third kappa shape index (κ3) is 2.49. The van der Waals surface area contributed by atoms with Crippen molar-refractivity contribution >= 4 is 0 Å². The van der Waals surface area contributed by atoms with Gasteiger partial charge in [0.2, 0.25) is 0 Å². The molecule has 0 atom stereocenters. The van der Waals surface area contributed by atoms with Crippen LogP contribution in [-0.4, -0.2) is 18.0 Å². The van der Waals surface area contributed by atoms with Gasteiger partial charge in [-0.15, -0.1) is 0 Å².